The van der Waals surface area contributed by atoms with Crippen LogP contribution in [0.15, 0.2) is 70.2 Å². The molecule has 164 valence electrons. The van der Waals surface area contributed by atoms with E-state index in [2.05, 4.69) is 9.71 Å². The van der Waals surface area contributed by atoms with E-state index in [4.69, 9.17) is 9.15 Å². The molecule has 1 fully saturated rings. The van der Waals surface area contributed by atoms with Crippen molar-refractivity contribution >= 4 is 10.0 Å². The Kier molecular flexibility index (Phi) is 6.24. The van der Waals surface area contributed by atoms with Gasteiger partial charge in [-0.3, -0.25) is 0 Å². The lowest BCUT2D eigenvalue weighted by molar-refractivity contribution is -0.0663. The van der Waals surface area contributed by atoms with Crippen molar-refractivity contribution in [3.05, 3.63) is 72.3 Å². The summed E-state index contributed by atoms with van der Waals surface area (Å²) in [5.74, 6) is 0.436. The molecule has 2 aromatic carbocycles. The molecule has 0 amide bonds. The fourth-order valence-electron chi connectivity index (χ4n) is 3.97. The van der Waals surface area contributed by atoms with E-state index >= 15 is 0 Å². The molecule has 2 heterocycles. The lowest BCUT2D eigenvalue weighted by Crippen LogP contribution is -2.47. The van der Waals surface area contributed by atoms with Gasteiger partial charge in [0.25, 0.3) is 0 Å². The highest BCUT2D eigenvalue weighted by molar-refractivity contribution is 7.89. The number of aromatic nitrogens is 1. The Morgan fingerprint density at radius 3 is 2.39 bits per heavy atom. The molecule has 4 rings (SSSR count). The van der Waals surface area contributed by atoms with Gasteiger partial charge in [0.15, 0.2) is 5.89 Å². The van der Waals surface area contributed by atoms with Gasteiger partial charge in [-0.1, -0.05) is 42.5 Å². The van der Waals surface area contributed by atoms with Gasteiger partial charge in [-0.15, -0.1) is 0 Å². The second-order valence-electron chi connectivity index (χ2n) is 7.78. The Bertz CT molecular complexity index is 1110. The summed E-state index contributed by atoms with van der Waals surface area (Å²) >= 11 is 0. The van der Waals surface area contributed by atoms with Crippen LogP contribution < -0.4 is 4.72 Å². The minimum Gasteiger partial charge on any atom is -0.449 e. The maximum atomic E-state index is 13.0. The van der Waals surface area contributed by atoms with Crippen LogP contribution in [0.5, 0.6) is 0 Å². The van der Waals surface area contributed by atoms with Gasteiger partial charge >= 0.3 is 0 Å². The highest BCUT2D eigenvalue weighted by Crippen LogP contribution is 2.36. The summed E-state index contributed by atoms with van der Waals surface area (Å²) in [6, 6.07) is 15.7. The number of nitrogens with one attached hydrogen (secondary N) is 1. The lowest BCUT2D eigenvalue weighted by atomic mass is 9.77. The molecule has 3 aromatic rings. The van der Waals surface area contributed by atoms with Crippen LogP contribution in [-0.4, -0.2) is 38.3 Å². The minimum atomic E-state index is -3.82. The van der Waals surface area contributed by atoms with E-state index in [9.17, 15) is 13.5 Å². The quantitative estimate of drug-likeness (QED) is 0.582. The zero-order valence-corrected chi connectivity index (χ0v) is 18.1. The van der Waals surface area contributed by atoms with Crippen molar-refractivity contribution in [2.45, 2.75) is 30.3 Å². The van der Waals surface area contributed by atoms with Crippen LogP contribution in [0.4, 0.5) is 0 Å². The third-order valence-electron chi connectivity index (χ3n) is 5.78. The van der Waals surface area contributed by atoms with Gasteiger partial charge < -0.3 is 14.3 Å². The van der Waals surface area contributed by atoms with E-state index in [1.54, 1.807) is 19.1 Å². The lowest BCUT2D eigenvalue weighted by Gasteiger charge is -2.39. The third-order valence-corrected chi connectivity index (χ3v) is 7.20. The topological polar surface area (TPSA) is 102 Å². The Morgan fingerprint density at radius 2 is 1.77 bits per heavy atom. The summed E-state index contributed by atoms with van der Waals surface area (Å²) in [6.45, 7) is 2.73. The smallest absolute Gasteiger partial charge is 0.240 e. The molecule has 1 aliphatic rings. The van der Waals surface area contributed by atoms with E-state index in [-0.39, 0.29) is 17.4 Å². The van der Waals surface area contributed by atoms with Crippen molar-refractivity contribution in [3.63, 3.8) is 0 Å². The van der Waals surface area contributed by atoms with Crippen LogP contribution in [0, 0.1) is 12.8 Å². The number of hydrogen-bond donors (Lipinski definition) is 2. The SMILES string of the molecule is Cc1nc(-c2ccc(S(=O)(=O)NC[C@@](O)(c3ccccc3)C3CCOCC3)cc2)co1. The zero-order valence-electron chi connectivity index (χ0n) is 17.3. The van der Waals surface area contributed by atoms with Gasteiger partial charge in [-0.25, -0.2) is 18.1 Å². The monoisotopic (exact) mass is 442 g/mol. The van der Waals surface area contributed by atoms with Crippen LogP contribution in [-0.2, 0) is 20.4 Å². The van der Waals surface area contributed by atoms with Gasteiger partial charge in [-0.2, -0.15) is 0 Å². The molecule has 0 aliphatic carbocycles. The number of benzene rings is 2. The summed E-state index contributed by atoms with van der Waals surface area (Å²) in [5, 5.41) is 11.6. The van der Waals surface area contributed by atoms with Crippen LogP contribution in [0.2, 0.25) is 0 Å². The number of nitrogens with zero attached hydrogens (tertiary/aromatic N) is 1. The Hall–Kier alpha value is -2.52. The molecule has 1 aromatic heterocycles. The predicted molar refractivity (Wildman–Crippen MR) is 116 cm³/mol. The van der Waals surface area contributed by atoms with Crippen molar-refractivity contribution in [2.75, 3.05) is 19.8 Å². The van der Waals surface area contributed by atoms with Gasteiger partial charge in [-0.05, 0) is 36.5 Å². The molecular formula is C23H26N2O5S. The standard InChI is InChI=1S/C23H26N2O5S/c1-17-25-22(15-30-17)18-7-9-21(10-8-18)31(27,28)24-16-23(26,19-5-3-2-4-6-19)20-11-13-29-14-12-20/h2-10,15,20,24,26H,11-14,16H2,1H3/t23-/m1/s1. The molecule has 1 aliphatic heterocycles. The van der Waals surface area contributed by atoms with Gasteiger partial charge in [0, 0.05) is 32.2 Å². The molecule has 7 nitrogen and oxygen atoms in total. The molecule has 1 saturated heterocycles. The molecule has 0 saturated carbocycles. The van der Waals surface area contributed by atoms with E-state index in [0.29, 0.717) is 43.2 Å². The van der Waals surface area contributed by atoms with Crippen LogP contribution in [0.25, 0.3) is 11.3 Å². The summed E-state index contributed by atoms with van der Waals surface area (Å²) in [4.78, 5) is 4.38. The first-order chi connectivity index (χ1) is 14.9. The molecular weight excluding hydrogens is 416 g/mol. The van der Waals surface area contributed by atoms with Crippen LogP contribution >= 0.6 is 0 Å². The minimum absolute atomic E-state index is 0.107. The van der Waals surface area contributed by atoms with E-state index in [1.165, 1.54) is 18.4 Å². The normalized spacial score (nSPS) is 17.4. The third kappa shape index (κ3) is 4.72. The van der Waals surface area contributed by atoms with Gasteiger partial charge in [0.1, 0.15) is 17.6 Å². The molecule has 1 atom stereocenters. The summed E-state index contributed by atoms with van der Waals surface area (Å²) < 4.78 is 39.2. The number of hydrogen-bond acceptors (Lipinski definition) is 6. The maximum Gasteiger partial charge on any atom is 0.240 e. The highest BCUT2D eigenvalue weighted by Gasteiger charge is 2.40. The first kappa shape index (κ1) is 21.7. The number of oxazole rings is 1. The Morgan fingerprint density at radius 1 is 1.10 bits per heavy atom. The van der Waals surface area contributed by atoms with Crippen LogP contribution in [0.1, 0.15) is 24.3 Å². The van der Waals surface area contributed by atoms with E-state index in [1.807, 2.05) is 30.3 Å². The number of aryl methyl sites for hydroxylation is 1. The first-order valence-electron chi connectivity index (χ1n) is 10.3. The molecule has 8 heteroatoms. The molecule has 0 radical (unpaired) electrons. The molecule has 0 spiro atoms. The summed E-state index contributed by atoms with van der Waals surface area (Å²) in [6.07, 6.45) is 2.86. The van der Waals surface area contributed by atoms with Crippen molar-refractivity contribution in [1.82, 2.24) is 9.71 Å². The largest absolute Gasteiger partial charge is 0.449 e. The zero-order chi connectivity index (χ0) is 21.9. The first-order valence-corrected chi connectivity index (χ1v) is 11.7. The molecule has 0 unspecified atom stereocenters. The number of sulfonamides is 1. The fourth-order valence-corrected chi connectivity index (χ4v) is 5.04. The molecule has 0 bridgehead atoms. The highest BCUT2D eigenvalue weighted by atomic mass is 32.2. The van der Waals surface area contributed by atoms with Gasteiger partial charge in [0.2, 0.25) is 10.0 Å². The van der Waals surface area contributed by atoms with Crippen molar-refractivity contribution in [1.29, 1.82) is 0 Å². The predicted octanol–water partition coefficient (Wildman–Crippen LogP) is 3.24. The second kappa shape index (κ2) is 8.92. The molecule has 2 N–H and O–H groups in total. The molecule has 31 heavy (non-hydrogen) atoms. The average Bonchev–Trinajstić information content (AvgIpc) is 3.25. The number of rotatable bonds is 7. The van der Waals surface area contributed by atoms with E-state index < -0.39 is 15.6 Å². The summed E-state index contributed by atoms with van der Waals surface area (Å²) in [5.41, 5.74) is 0.781. The van der Waals surface area contributed by atoms with Crippen molar-refractivity contribution < 1.29 is 22.7 Å². The maximum absolute atomic E-state index is 13.0. The second-order valence-corrected chi connectivity index (χ2v) is 9.54. The summed E-state index contributed by atoms with van der Waals surface area (Å²) in [7, 11) is -3.82. The van der Waals surface area contributed by atoms with Crippen molar-refractivity contribution in [2.24, 2.45) is 5.92 Å². The van der Waals surface area contributed by atoms with Gasteiger partial charge in [0.05, 0.1) is 4.90 Å². The number of aliphatic hydroxyl groups is 1. The number of ether oxygens (including phenoxy) is 1. The Balaban J connectivity index is 1.54. The average molecular weight is 443 g/mol. The van der Waals surface area contributed by atoms with Crippen LogP contribution in [0.3, 0.4) is 0 Å². The van der Waals surface area contributed by atoms with E-state index in [0.717, 1.165) is 5.56 Å². The Labute approximate surface area is 182 Å². The fraction of sp³-hybridized carbons (Fsp3) is 0.348. The van der Waals surface area contributed by atoms with Crippen molar-refractivity contribution in [3.8, 4) is 11.3 Å².